The van der Waals surface area contributed by atoms with E-state index >= 15 is 0 Å². The number of ketones is 1. The number of rotatable bonds is 4. The summed E-state index contributed by atoms with van der Waals surface area (Å²) in [7, 11) is 1.45. The minimum atomic E-state index is -1.05. The van der Waals surface area contributed by atoms with Crippen molar-refractivity contribution in [3.8, 4) is 5.75 Å². The quantitative estimate of drug-likeness (QED) is 0.368. The highest BCUT2D eigenvalue weighted by Gasteiger charge is 2.47. The summed E-state index contributed by atoms with van der Waals surface area (Å²) < 4.78 is 19.0. The van der Waals surface area contributed by atoms with Crippen LogP contribution in [0.15, 0.2) is 72.4 Å². The van der Waals surface area contributed by atoms with Gasteiger partial charge in [-0.05, 0) is 48.5 Å². The van der Waals surface area contributed by atoms with Crippen LogP contribution in [-0.4, -0.2) is 28.9 Å². The fraction of sp³-hybridized carbons (Fsp3) is 0.0870. The van der Waals surface area contributed by atoms with E-state index in [2.05, 4.69) is 4.98 Å². The number of carbonyl (C=O) groups is 2. The first-order chi connectivity index (χ1) is 14.9. The summed E-state index contributed by atoms with van der Waals surface area (Å²) in [6, 6.07) is 13.7. The Balaban J connectivity index is 1.93. The van der Waals surface area contributed by atoms with Crippen molar-refractivity contribution in [2.75, 3.05) is 12.0 Å². The Bertz CT molecular complexity index is 1210. The molecule has 2 aromatic carbocycles. The third-order valence-corrected chi connectivity index (χ3v) is 5.22. The molecular weight excluding hydrogens is 423 g/mol. The number of Topliss-reactive ketones (excluding diaryl/α,β-unsaturated/α-hetero) is 1. The molecule has 0 radical (unpaired) electrons. The number of aliphatic hydroxyl groups excluding tert-OH is 1. The molecule has 0 bridgehead atoms. The second-order valence-electron chi connectivity index (χ2n) is 6.75. The minimum Gasteiger partial charge on any atom is -0.507 e. The van der Waals surface area contributed by atoms with E-state index < -0.39 is 29.3 Å². The van der Waals surface area contributed by atoms with Gasteiger partial charge < -0.3 is 9.84 Å². The van der Waals surface area contributed by atoms with Crippen LogP contribution < -0.4 is 9.64 Å². The van der Waals surface area contributed by atoms with E-state index in [9.17, 15) is 19.1 Å². The van der Waals surface area contributed by atoms with Crippen LogP contribution in [0.3, 0.4) is 0 Å². The maximum Gasteiger partial charge on any atom is 0.300 e. The first kappa shape index (κ1) is 20.6. The summed E-state index contributed by atoms with van der Waals surface area (Å²) in [5, 5.41) is 11.2. The molecule has 0 aliphatic carbocycles. The zero-order valence-corrected chi connectivity index (χ0v) is 17.0. The Morgan fingerprint density at radius 2 is 1.94 bits per heavy atom. The van der Waals surface area contributed by atoms with Gasteiger partial charge in [0.1, 0.15) is 23.4 Å². The van der Waals surface area contributed by atoms with Gasteiger partial charge in [-0.2, -0.15) is 0 Å². The number of anilines is 1. The number of hydrogen-bond donors (Lipinski definition) is 1. The van der Waals surface area contributed by atoms with Gasteiger partial charge >= 0.3 is 0 Å². The van der Waals surface area contributed by atoms with Crippen LogP contribution in [0.25, 0.3) is 5.76 Å². The van der Waals surface area contributed by atoms with Gasteiger partial charge in [0, 0.05) is 17.4 Å². The maximum atomic E-state index is 13.9. The molecule has 1 unspecified atom stereocenters. The van der Waals surface area contributed by atoms with Crippen molar-refractivity contribution in [1.82, 2.24) is 4.98 Å². The van der Waals surface area contributed by atoms with Crippen molar-refractivity contribution < 1.29 is 23.8 Å². The highest BCUT2D eigenvalue weighted by Crippen LogP contribution is 2.42. The van der Waals surface area contributed by atoms with Crippen molar-refractivity contribution in [1.29, 1.82) is 0 Å². The Kier molecular flexibility index (Phi) is 5.44. The van der Waals surface area contributed by atoms with Crippen molar-refractivity contribution in [2.45, 2.75) is 6.04 Å². The SMILES string of the molecule is COc1ccc(/C(O)=C2\C(=O)C(=O)N(c3cccc(F)c3)C2c2ccccn2)cc1Cl. The molecule has 1 atom stereocenters. The van der Waals surface area contributed by atoms with Gasteiger partial charge in [0.2, 0.25) is 0 Å². The predicted molar refractivity (Wildman–Crippen MR) is 113 cm³/mol. The third-order valence-electron chi connectivity index (χ3n) is 4.92. The van der Waals surface area contributed by atoms with Crippen LogP contribution in [0.2, 0.25) is 5.02 Å². The molecule has 156 valence electrons. The number of nitrogens with zero attached hydrogens (tertiary/aromatic N) is 2. The number of halogens is 2. The van der Waals surface area contributed by atoms with Crippen LogP contribution in [0, 0.1) is 5.82 Å². The molecule has 0 saturated carbocycles. The summed E-state index contributed by atoms with van der Waals surface area (Å²) in [5.41, 5.74) is 0.565. The fourth-order valence-corrected chi connectivity index (χ4v) is 3.77. The van der Waals surface area contributed by atoms with E-state index in [0.29, 0.717) is 11.4 Å². The summed E-state index contributed by atoms with van der Waals surface area (Å²) >= 11 is 6.17. The van der Waals surface area contributed by atoms with E-state index in [0.717, 1.165) is 11.0 Å². The van der Waals surface area contributed by atoms with Gasteiger partial charge in [0.05, 0.1) is 23.4 Å². The zero-order chi connectivity index (χ0) is 22.1. The van der Waals surface area contributed by atoms with Crippen LogP contribution in [0.4, 0.5) is 10.1 Å². The third kappa shape index (κ3) is 3.64. The van der Waals surface area contributed by atoms with Crippen molar-refractivity contribution in [3.05, 3.63) is 94.5 Å². The molecule has 8 heteroatoms. The molecule has 1 N–H and O–H groups in total. The molecule has 1 aromatic heterocycles. The van der Waals surface area contributed by atoms with E-state index in [1.54, 1.807) is 18.2 Å². The van der Waals surface area contributed by atoms with Gasteiger partial charge in [0.15, 0.2) is 0 Å². The summed E-state index contributed by atoms with van der Waals surface area (Å²) in [6.07, 6.45) is 1.51. The lowest BCUT2D eigenvalue weighted by molar-refractivity contribution is -0.132. The summed E-state index contributed by atoms with van der Waals surface area (Å²) in [6.45, 7) is 0. The van der Waals surface area contributed by atoms with Gasteiger partial charge in [-0.3, -0.25) is 19.5 Å². The Labute approximate surface area is 182 Å². The number of aromatic nitrogens is 1. The smallest absolute Gasteiger partial charge is 0.300 e. The molecule has 3 aromatic rings. The number of aliphatic hydroxyl groups is 1. The van der Waals surface area contributed by atoms with E-state index in [-0.39, 0.29) is 21.8 Å². The first-order valence-electron chi connectivity index (χ1n) is 9.23. The van der Waals surface area contributed by atoms with E-state index in [4.69, 9.17) is 16.3 Å². The highest BCUT2D eigenvalue weighted by atomic mass is 35.5. The Morgan fingerprint density at radius 1 is 1.13 bits per heavy atom. The number of pyridine rings is 1. The van der Waals surface area contributed by atoms with Crippen molar-refractivity contribution >= 4 is 34.7 Å². The molecule has 4 rings (SSSR count). The molecule has 1 aliphatic rings. The topological polar surface area (TPSA) is 79.7 Å². The van der Waals surface area contributed by atoms with Gasteiger partial charge in [-0.15, -0.1) is 0 Å². The molecule has 1 aliphatic heterocycles. The molecule has 1 amide bonds. The molecular formula is C23H16ClFN2O4. The van der Waals surface area contributed by atoms with Gasteiger partial charge in [0.25, 0.3) is 11.7 Å². The first-order valence-corrected chi connectivity index (χ1v) is 9.61. The molecule has 1 saturated heterocycles. The Morgan fingerprint density at radius 3 is 2.58 bits per heavy atom. The highest BCUT2D eigenvalue weighted by molar-refractivity contribution is 6.51. The van der Waals surface area contributed by atoms with Gasteiger partial charge in [-0.25, -0.2) is 4.39 Å². The van der Waals surface area contributed by atoms with Crippen molar-refractivity contribution in [2.24, 2.45) is 0 Å². The van der Waals surface area contributed by atoms with Crippen molar-refractivity contribution in [3.63, 3.8) is 0 Å². The van der Waals surface area contributed by atoms with Crippen LogP contribution in [0.1, 0.15) is 17.3 Å². The second kappa shape index (κ2) is 8.20. The number of ether oxygens (including phenoxy) is 1. The lowest BCUT2D eigenvalue weighted by Crippen LogP contribution is -2.29. The largest absolute Gasteiger partial charge is 0.507 e. The lowest BCUT2D eigenvalue weighted by atomic mass is 9.98. The number of hydrogen-bond acceptors (Lipinski definition) is 5. The second-order valence-corrected chi connectivity index (χ2v) is 7.16. The molecule has 1 fully saturated rings. The lowest BCUT2D eigenvalue weighted by Gasteiger charge is -2.24. The minimum absolute atomic E-state index is 0.171. The van der Waals surface area contributed by atoms with E-state index in [1.807, 2.05) is 0 Å². The molecule has 0 spiro atoms. The maximum absolute atomic E-state index is 13.9. The average Bonchev–Trinajstić information content (AvgIpc) is 3.04. The zero-order valence-electron chi connectivity index (χ0n) is 16.3. The van der Waals surface area contributed by atoms with Crippen LogP contribution in [-0.2, 0) is 9.59 Å². The average molecular weight is 439 g/mol. The Hall–Kier alpha value is -3.71. The van der Waals surface area contributed by atoms with Crippen LogP contribution >= 0.6 is 11.6 Å². The molecule has 31 heavy (non-hydrogen) atoms. The number of benzene rings is 2. The summed E-state index contributed by atoms with van der Waals surface area (Å²) in [4.78, 5) is 31.3. The fourth-order valence-electron chi connectivity index (χ4n) is 3.51. The van der Waals surface area contributed by atoms with Gasteiger partial charge in [-0.1, -0.05) is 23.7 Å². The standard InChI is InChI=1S/C23H16ClFN2O4/c1-31-18-9-8-13(11-16(18)24)21(28)19-20(17-7-2-3-10-26-17)27(23(30)22(19)29)15-6-4-5-14(25)12-15/h2-12,20,28H,1H3/b21-19+. The monoisotopic (exact) mass is 438 g/mol. The molecule has 2 heterocycles. The predicted octanol–water partition coefficient (Wildman–Crippen LogP) is 4.51. The molecule has 6 nitrogen and oxygen atoms in total. The van der Waals surface area contributed by atoms with Crippen LogP contribution in [0.5, 0.6) is 5.75 Å². The number of amides is 1. The van der Waals surface area contributed by atoms with E-state index in [1.165, 1.54) is 49.7 Å². The normalized spacial score (nSPS) is 17.8. The number of carbonyl (C=O) groups excluding carboxylic acids is 2. The number of methoxy groups -OCH3 is 1. The summed E-state index contributed by atoms with van der Waals surface area (Å²) in [5.74, 6) is -2.41.